The van der Waals surface area contributed by atoms with E-state index in [2.05, 4.69) is 38.9 Å². The predicted molar refractivity (Wildman–Crippen MR) is 64.5 cm³/mol. The first kappa shape index (κ1) is 13.1. The van der Waals surface area contributed by atoms with Crippen LogP contribution >= 0.6 is 11.8 Å². The summed E-state index contributed by atoms with van der Waals surface area (Å²) in [7, 11) is 0. The van der Waals surface area contributed by atoms with E-state index < -0.39 is 0 Å². The van der Waals surface area contributed by atoms with Crippen molar-refractivity contribution in [1.82, 2.24) is 5.32 Å². The largest absolute Gasteiger partial charge is 0.309 e. The Balaban J connectivity index is 4.02. The van der Waals surface area contributed by atoms with E-state index in [-0.39, 0.29) is 0 Å². The van der Waals surface area contributed by atoms with Crippen LogP contribution in [0.15, 0.2) is 12.7 Å². The van der Waals surface area contributed by atoms with Crippen LogP contribution in [0.25, 0.3) is 0 Å². The molecule has 1 atom stereocenters. The molecule has 0 aromatic rings. The summed E-state index contributed by atoms with van der Waals surface area (Å²) in [4.78, 5) is 0. The van der Waals surface area contributed by atoms with Crippen molar-refractivity contribution >= 4 is 11.8 Å². The molecule has 0 saturated heterocycles. The van der Waals surface area contributed by atoms with E-state index in [4.69, 9.17) is 0 Å². The number of hydrogen-bond acceptors (Lipinski definition) is 2. The van der Waals surface area contributed by atoms with Gasteiger partial charge in [0.05, 0.1) is 0 Å². The monoisotopic (exact) mass is 201 g/mol. The minimum atomic E-state index is 0.414. The molecule has 1 nitrogen and oxygen atoms in total. The number of rotatable bonds is 7. The van der Waals surface area contributed by atoms with Gasteiger partial charge >= 0.3 is 0 Å². The maximum atomic E-state index is 3.77. The zero-order valence-corrected chi connectivity index (χ0v) is 10.2. The van der Waals surface area contributed by atoms with Gasteiger partial charge in [0.2, 0.25) is 0 Å². The highest BCUT2D eigenvalue weighted by Crippen LogP contribution is 2.29. The van der Waals surface area contributed by atoms with E-state index in [0.717, 1.165) is 6.54 Å². The normalized spacial score (nSPS) is 14.2. The Morgan fingerprint density at radius 2 is 2.00 bits per heavy atom. The zero-order chi connectivity index (χ0) is 10.3. The number of nitrogens with one attached hydrogen (secondary N) is 1. The summed E-state index contributed by atoms with van der Waals surface area (Å²) in [6, 6.07) is 0.421. The number of thioether (sulfide) groups is 1. The first-order valence-corrected chi connectivity index (χ1v) is 6.27. The van der Waals surface area contributed by atoms with E-state index in [1.165, 1.54) is 12.8 Å². The second-order valence-electron chi connectivity index (χ2n) is 3.50. The molecule has 0 aliphatic rings. The van der Waals surface area contributed by atoms with Crippen LogP contribution in [-0.4, -0.2) is 23.6 Å². The van der Waals surface area contributed by atoms with E-state index in [0.29, 0.717) is 10.8 Å². The van der Waals surface area contributed by atoms with Gasteiger partial charge in [0.15, 0.2) is 0 Å². The highest BCUT2D eigenvalue weighted by atomic mass is 32.2. The van der Waals surface area contributed by atoms with Gasteiger partial charge in [0, 0.05) is 17.3 Å². The van der Waals surface area contributed by atoms with Crippen molar-refractivity contribution in [2.75, 3.05) is 12.8 Å². The highest BCUT2D eigenvalue weighted by Gasteiger charge is 2.24. The Morgan fingerprint density at radius 3 is 2.31 bits per heavy atom. The second kappa shape index (κ2) is 6.50. The summed E-state index contributed by atoms with van der Waals surface area (Å²) in [6.07, 6.45) is 6.60. The Labute approximate surface area is 87.4 Å². The lowest BCUT2D eigenvalue weighted by Gasteiger charge is -2.31. The minimum Gasteiger partial charge on any atom is -0.309 e. The summed E-state index contributed by atoms with van der Waals surface area (Å²) >= 11 is 1.97. The molecule has 0 spiro atoms. The number of hydrogen-bond donors (Lipinski definition) is 1. The van der Waals surface area contributed by atoms with Crippen molar-refractivity contribution in [2.24, 2.45) is 0 Å². The van der Waals surface area contributed by atoms with Crippen molar-refractivity contribution in [3.8, 4) is 0 Å². The Hall–Kier alpha value is 0.0500. The summed E-state index contributed by atoms with van der Waals surface area (Å²) in [5, 5.41) is 3.49. The molecule has 0 rings (SSSR count). The molecule has 78 valence electrons. The molecule has 0 radical (unpaired) electrons. The molecule has 13 heavy (non-hydrogen) atoms. The predicted octanol–water partition coefficient (Wildman–Crippen LogP) is 3.07. The molecule has 0 bridgehead atoms. The van der Waals surface area contributed by atoms with Gasteiger partial charge in [-0.05, 0) is 26.0 Å². The third-order valence-corrected chi connectivity index (χ3v) is 4.41. The van der Waals surface area contributed by atoms with E-state index in [1.807, 2.05) is 17.8 Å². The smallest absolute Gasteiger partial charge is 0.0276 e. The molecule has 0 aliphatic carbocycles. The summed E-state index contributed by atoms with van der Waals surface area (Å²) in [6.45, 7) is 11.5. The SMILES string of the molecule is C=CC(C)NCC(CC)(CC)SC. The second-order valence-corrected chi connectivity index (χ2v) is 4.77. The molecule has 0 amide bonds. The van der Waals surface area contributed by atoms with Gasteiger partial charge in [-0.25, -0.2) is 0 Å². The van der Waals surface area contributed by atoms with Gasteiger partial charge < -0.3 is 5.32 Å². The van der Waals surface area contributed by atoms with Gasteiger partial charge in [0.1, 0.15) is 0 Å². The van der Waals surface area contributed by atoms with Crippen LogP contribution in [0.1, 0.15) is 33.6 Å². The molecule has 0 fully saturated rings. The van der Waals surface area contributed by atoms with Gasteiger partial charge in [0.25, 0.3) is 0 Å². The molecule has 1 N–H and O–H groups in total. The lowest BCUT2D eigenvalue weighted by molar-refractivity contribution is 0.480. The van der Waals surface area contributed by atoms with Crippen molar-refractivity contribution in [3.63, 3.8) is 0 Å². The first-order valence-electron chi connectivity index (χ1n) is 5.05. The molecule has 0 aromatic carbocycles. The summed E-state index contributed by atoms with van der Waals surface area (Å²) < 4.78 is 0.414. The van der Waals surface area contributed by atoms with Crippen molar-refractivity contribution < 1.29 is 0 Å². The average Bonchev–Trinajstić information content (AvgIpc) is 2.20. The summed E-state index contributed by atoms with van der Waals surface area (Å²) in [5.41, 5.74) is 0. The molecule has 0 aromatic heterocycles. The first-order chi connectivity index (χ1) is 6.14. The third kappa shape index (κ3) is 4.19. The Morgan fingerprint density at radius 1 is 1.46 bits per heavy atom. The quantitative estimate of drug-likeness (QED) is 0.635. The van der Waals surface area contributed by atoms with Gasteiger partial charge in [-0.3, -0.25) is 0 Å². The molecule has 0 heterocycles. The minimum absolute atomic E-state index is 0.414. The highest BCUT2D eigenvalue weighted by molar-refractivity contribution is 8.00. The molecule has 2 heteroatoms. The lowest BCUT2D eigenvalue weighted by Crippen LogP contribution is -2.39. The third-order valence-electron chi connectivity index (χ3n) is 2.82. The van der Waals surface area contributed by atoms with Crippen LogP contribution in [0.5, 0.6) is 0 Å². The van der Waals surface area contributed by atoms with Crippen LogP contribution in [0.4, 0.5) is 0 Å². The van der Waals surface area contributed by atoms with Crippen molar-refractivity contribution in [1.29, 1.82) is 0 Å². The van der Waals surface area contributed by atoms with Crippen molar-refractivity contribution in [3.05, 3.63) is 12.7 Å². The Bertz CT molecular complexity index is 133. The molecular formula is C11H23NS. The maximum Gasteiger partial charge on any atom is 0.0276 e. The van der Waals surface area contributed by atoms with Crippen LogP contribution in [0.3, 0.4) is 0 Å². The summed E-state index contributed by atoms with van der Waals surface area (Å²) in [5.74, 6) is 0. The van der Waals surface area contributed by atoms with E-state index in [9.17, 15) is 0 Å². The Kier molecular flexibility index (Phi) is 6.52. The maximum absolute atomic E-state index is 3.77. The van der Waals surface area contributed by atoms with Gasteiger partial charge in [-0.2, -0.15) is 11.8 Å². The topological polar surface area (TPSA) is 12.0 Å². The van der Waals surface area contributed by atoms with E-state index >= 15 is 0 Å². The molecular weight excluding hydrogens is 178 g/mol. The molecule has 0 aliphatic heterocycles. The average molecular weight is 201 g/mol. The lowest BCUT2D eigenvalue weighted by atomic mass is 10.0. The van der Waals surface area contributed by atoms with Crippen LogP contribution in [0, 0.1) is 0 Å². The van der Waals surface area contributed by atoms with Crippen LogP contribution in [0.2, 0.25) is 0 Å². The van der Waals surface area contributed by atoms with E-state index in [1.54, 1.807) is 0 Å². The standard InChI is InChI=1S/C11H23NS/c1-6-10(4)12-9-11(7-2,8-3)13-5/h6,10,12H,1,7-9H2,2-5H3. The van der Waals surface area contributed by atoms with Crippen LogP contribution < -0.4 is 5.32 Å². The zero-order valence-electron chi connectivity index (χ0n) is 9.39. The molecule has 1 unspecified atom stereocenters. The fourth-order valence-corrected chi connectivity index (χ4v) is 2.10. The fraction of sp³-hybridized carbons (Fsp3) is 0.818. The molecule has 0 saturated carbocycles. The fourth-order valence-electron chi connectivity index (χ4n) is 1.29. The van der Waals surface area contributed by atoms with Crippen LogP contribution in [-0.2, 0) is 0 Å². The van der Waals surface area contributed by atoms with Crippen molar-refractivity contribution in [2.45, 2.75) is 44.4 Å². The van der Waals surface area contributed by atoms with Gasteiger partial charge in [-0.1, -0.05) is 19.9 Å². The van der Waals surface area contributed by atoms with Gasteiger partial charge in [-0.15, -0.1) is 6.58 Å².